The molecule has 6 heteroatoms. The maximum Gasteiger partial charge on any atom is 0.338 e. The van der Waals surface area contributed by atoms with E-state index in [9.17, 15) is 14.9 Å². The number of carbonyl (C=O) groups excluding carboxylic acids is 1. The summed E-state index contributed by atoms with van der Waals surface area (Å²) in [5, 5.41) is 19.3. The number of nitriles is 1. The zero-order valence-corrected chi connectivity index (χ0v) is 10.9. The molecule has 0 saturated heterocycles. The third-order valence-corrected chi connectivity index (χ3v) is 2.74. The van der Waals surface area contributed by atoms with Gasteiger partial charge in [0, 0.05) is 12.1 Å². The minimum Gasteiger partial charge on any atom is -0.457 e. The molecule has 6 nitrogen and oxygen atoms in total. The molecule has 0 fully saturated rings. The van der Waals surface area contributed by atoms with Crippen LogP contribution in [0.15, 0.2) is 48.5 Å². The van der Waals surface area contributed by atoms with Crippen LogP contribution in [-0.4, -0.2) is 10.9 Å². The minimum absolute atomic E-state index is 0.0538. The van der Waals surface area contributed by atoms with Crippen molar-refractivity contribution in [3.8, 4) is 6.07 Å². The number of hydrogen-bond donors (Lipinski definition) is 0. The summed E-state index contributed by atoms with van der Waals surface area (Å²) in [7, 11) is 0. The highest BCUT2D eigenvalue weighted by molar-refractivity contribution is 5.89. The molecule has 0 amide bonds. The molecule has 0 bridgehead atoms. The lowest BCUT2D eigenvalue weighted by Crippen LogP contribution is -2.05. The molecule has 0 atom stereocenters. The van der Waals surface area contributed by atoms with Crippen LogP contribution in [0.25, 0.3) is 0 Å². The Morgan fingerprint density at radius 1 is 1.24 bits per heavy atom. The van der Waals surface area contributed by atoms with Crippen molar-refractivity contribution in [3.63, 3.8) is 0 Å². The van der Waals surface area contributed by atoms with Crippen LogP contribution in [0, 0.1) is 21.4 Å². The van der Waals surface area contributed by atoms with Crippen molar-refractivity contribution in [1.82, 2.24) is 0 Å². The Morgan fingerprint density at radius 2 is 1.95 bits per heavy atom. The van der Waals surface area contributed by atoms with Crippen molar-refractivity contribution in [2.75, 3.05) is 0 Å². The first-order valence-corrected chi connectivity index (χ1v) is 6.01. The SMILES string of the molecule is N#Cc1ccc(C(=O)OCc2cccc([N+](=O)[O-])c2)cc1. The monoisotopic (exact) mass is 282 g/mol. The van der Waals surface area contributed by atoms with E-state index in [0.717, 1.165) is 0 Å². The number of hydrogen-bond acceptors (Lipinski definition) is 5. The fourth-order valence-corrected chi connectivity index (χ4v) is 1.67. The summed E-state index contributed by atoms with van der Waals surface area (Å²) < 4.78 is 5.08. The number of non-ortho nitro benzene ring substituents is 1. The summed E-state index contributed by atoms with van der Waals surface area (Å²) in [4.78, 5) is 21.9. The third-order valence-electron chi connectivity index (χ3n) is 2.74. The molecule has 0 spiro atoms. The fraction of sp³-hybridized carbons (Fsp3) is 0.0667. The Hall–Kier alpha value is -3.20. The summed E-state index contributed by atoms with van der Waals surface area (Å²) in [5.74, 6) is -0.550. The largest absolute Gasteiger partial charge is 0.457 e. The average molecular weight is 282 g/mol. The molecule has 0 aliphatic heterocycles. The van der Waals surface area contributed by atoms with E-state index in [1.54, 1.807) is 6.07 Å². The molecule has 0 unspecified atom stereocenters. The Morgan fingerprint density at radius 3 is 2.57 bits per heavy atom. The van der Waals surface area contributed by atoms with Crippen molar-refractivity contribution in [2.45, 2.75) is 6.61 Å². The maximum atomic E-state index is 11.8. The van der Waals surface area contributed by atoms with Crippen LogP contribution in [0.4, 0.5) is 5.69 Å². The molecule has 21 heavy (non-hydrogen) atoms. The van der Waals surface area contributed by atoms with Crippen molar-refractivity contribution in [3.05, 3.63) is 75.3 Å². The lowest BCUT2D eigenvalue weighted by molar-refractivity contribution is -0.384. The second kappa shape index (κ2) is 6.30. The van der Waals surface area contributed by atoms with Gasteiger partial charge in [0.05, 0.1) is 22.1 Å². The van der Waals surface area contributed by atoms with Crippen molar-refractivity contribution < 1.29 is 14.5 Å². The van der Waals surface area contributed by atoms with Gasteiger partial charge in [0.25, 0.3) is 5.69 Å². The number of nitrogens with zero attached hydrogens (tertiary/aromatic N) is 2. The van der Waals surface area contributed by atoms with Gasteiger partial charge >= 0.3 is 5.97 Å². The number of nitro benzene ring substituents is 1. The molecule has 0 radical (unpaired) electrons. The quantitative estimate of drug-likeness (QED) is 0.488. The predicted octanol–water partition coefficient (Wildman–Crippen LogP) is 2.82. The molecule has 2 rings (SSSR count). The Labute approximate surface area is 120 Å². The van der Waals surface area contributed by atoms with Crippen LogP contribution in [0.5, 0.6) is 0 Å². The van der Waals surface area contributed by atoms with Gasteiger partial charge in [-0.1, -0.05) is 12.1 Å². The molecular weight excluding hydrogens is 272 g/mol. The lowest BCUT2D eigenvalue weighted by atomic mass is 10.1. The molecule has 104 valence electrons. The van der Waals surface area contributed by atoms with E-state index in [4.69, 9.17) is 10.00 Å². The van der Waals surface area contributed by atoms with E-state index in [1.165, 1.54) is 42.5 Å². The minimum atomic E-state index is -0.550. The summed E-state index contributed by atoms with van der Waals surface area (Å²) in [5.41, 5.74) is 1.25. The Kier molecular flexibility index (Phi) is 4.26. The van der Waals surface area contributed by atoms with Gasteiger partial charge in [-0.05, 0) is 29.8 Å². The van der Waals surface area contributed by atoms with E-state index >= 15 is 0 Å². The zero-order chi connectivity index (χ0) is 15.2. The van der Waals surface area contributed by atoms with E-state index in [-0.39, 0.29) is 12.3 Å². The molecule has 2 aromatic carbocycles. The van der Waals surface area contributed by atoms with Gasteiger partial charge in [0.15, 0.2) is 0 Å². The first kappa shape index (κ1) is 14.2. The molecular formula is C15H10N2O4. The topological polar surface area (TPSA) is 93.2 Å². The number of ether oxygens (including phenoxy) is 1. The number of esters is 1. The van der Waals surface area contributed by atoms with Crippen LogP contribution < -0.4 is 0 Å². The van der Waals surface area contributed by atoms with E-state index in [1.807, 2.05) is 6.07 Å². The van der Waals surface area contributed by atoms with Gasteiger partial charge in [-0.2, -0.15) is 5.26 Å². The van der Waals surface area contributed by atoms with Crippen LogP contribution >= 0.6 is 0 Å². The van der Waals surface area contributed by atoms with E-state index in [2.05, 4.69) is 0 Å². The summed E-state index contributed by atoms with van der Waals surface area (Å²) in [6.07, 6.45) is 0. The lowest BCUT2D eigenvalue weighted by Gasteiger charge is -2.05. The molecule has 0 heterocycles. The van der Waals surface area contributed by atoms with Crippen LogP contribution in [0.3, 0.4) is 0 Å². The first-order chi connectivity index (χ1) is 10.1. The number of carbonyl (C=O) groups is 1. The number of benzene rings is 2. The molecule has 0 aliphatic rings. The number of rotatable bonds is 4. The second-order valence-electron chi connectivity index (χ2n) is 4.19. The van der Waals surface area contributed by atoms with Crippen LogP contribution in [0.2, 0.25) is 0 Å². The second-order valence-corrected chi connectivity index (χ2v) is 4.19. The number of nitro groups is 1. The normalized spacial score (nSPS) is 9.67. The van der Waals surface area contributed by atoms with Crippen molar-refractivity contribution >= 4 is 11.7 Å². The Bertz CT molecular complexity index is 717. The van der Waals surface area contributed by atoms with E-state index < -0.39 is 10.9 Å². The fourth-order valence-electron chi connectivity index (χ4n) is 1.67. The molecule has 0 saturated carbocycles. The summed E-state index contributed by atoms with van der Waals surface area (Å²) in [6.45, 7) is -0.0550. The van der Waals surface area contributed by atoms with Crippen molar-refractivity contribution in [1.29, 1.82) is 5.26 Å². The zero-order valence-electron chi connectivity index (χ0n) is 10.9. The molecule has 2 aromatic rings. The highest BCUT2D eigenvalue weighted by atomic mass is 16.6. The van der Waals surface area contributed by atoms with Gasteiger partial charge in [-0.25, -0.2) is 4.79 Å². The van der Waals surface area contributed by atoms with Gasteiger partial charge in [-0.15, -0.1) is 0 Å². The third kappa shape index (κ3) is 3.64. The summed E-state index contributed by atoms with van der Waals surface area (Å²) in [6, 6.07) is 13.9. The van der Waals surface area contributed by atoms with Crippen molar-refractivity contribution in [2.24, 2.45) is 0 Å². The molecule has 0 N–H and O–H groups in total. The highest BCUT2D eigenvalue weighted by Crippen LogP contribution is 2.14. The van der Waals surface area contributed by atoms with Gasteiger partial charge < -0.3 is 4.74 Å². The smallest absolute Gasteiger partial charge is 0.338 e. The van der Waals surface area contributed by atoms with Gasteiger partial charge in [-0.3, -0.25) is 10.1 Å². The van der Waals surface area contributed by atoms with Gasteiger partial charge in [0.2, 0.25) is 0 Å². The highest BCUT2D eigenvalue weighted by Gasteiger charge is 2.09. The molecule has 0 aliphatic carbocycles. The first-order valence-electron chi connectivity index (χ1n) is 6.01. The predicted molar refractivity (Wildman–Crippen MR) is 73.4 cm³/mol. The van der Waals surface area contributed by atoms with Crippen LogP contribution in [-0.2, 0) is 11.3 Å². The van der Waals surface area contributed by atoms with Crippen LogP contribution in [0.1, 0.15) is 21.5 Å². The standard InChI is InChI=1S/C15H10N2O4/c16-9-11-4-6-13(7-5-11)15(18)21-10-12-2-1-3-14(8-12)17(19)20/h1-8H,10H2. The Balaban J connectivity index is 2.02. The van der Waals surface area contributed by atoms with Gasteiger partial charge in [0.1, 0.15) is 6.61 Å². The average Bonchev–Trinajstić information content (AvgIpc) is 2.53. The summed E-state index contributed by atoms with van der Waals surface area (Å²) >= 11 is 0. The van der Waals surface area contributed by atoms with E-state index in [0.29, 0.717) is 16.7 Å². The maximum absolute atomic E-state index is 11.8. The molecule has 0 aromatic heterocycles.